The number of hydrogen-bond donors (Lipinski definition) is 0. The van der Waals surface area contributed by atoms with Crippen LogP contribution in [-0.4, -0.2) is 93.7 Å². The predicted molar refractivity (Wildman–Crippen MR) is 232 cm³/mol. The highest BCUT2D eigenvalue weighted by molar-refractivity contribution is 5.73. The maximum absolute atomic E-state index is 12.3. The molecule has 0 fully saturated rings. The zero-order valence-electron chi connectivity index (χ0n) is 42.1. The van der Waals surface area contributed by atoms with Crippen LogP contribution in [0.1, 0.15) is 162 Å². The summed E-state index contributed by atoms with van der Waals surface area (Å²) in [5.41, 5.74) is 0. The predicted octanol–water partition coefficient (Wildman–Crippen LogP) is 12.7. The first kappa shape index (κ1) is 74.7. The Kier molecular flexibility index (Phi) is 48.4. The van der Waals surface area contributed by atoms with Crippen LogP contribution in [0, 0.1) is 35.5 Å². The van der Waals surface area contributed by atoms with Crippen molar-refractivity contribution < 1.29 is 101 Å². The van der Waals surface area contributed by atoms with Crippen molar-refractivity contribution in [3.05, 3.63) is 0 Å². The van der Waals surface area contributed by atoms with Gasteiger partial charge in [0.2, 0.25) is 12.3 Å². The number of carbonyl (C=O) groups is 6. The number of ether oxygens (including phenoxy) is 6. The molecule has 6 unspecified atom stereocenters. The Morgan fingerprint density at radius 1 is 0.403 bits per heavy atom. The van der Waals surface area contributed by atoms with E-state index in [0.717, 1.165) is 19.8 Å². The molecule has 0 saturated carbocycles. The lowest BCUT2D eigenvalue weighted by Crippen LogP contribution is -2.23. The molecule has 0 saturated heterocycles. The van der Waals surface area contributed by atoms with Crippen LogP contribution in [0.3, 0.4) is 0 Å². The molecule has 12 nitrogen and oxygen atoms in total. The number of rotatable bonds is 22. The SMILES string of the molecule is CCC(C)C(=O)OC(F)(F)F.CCC(C)C(=O)OCCC(C)(F)F.CCC(C)C(=O)OCCC(F)(F)F.CCC(C)C(=O)OCCC(F)F.CCOC(=O)C(C)CC.CCOC(=O)C(C)CC. The molecule has 0 rings (SSSR count). The summed E-state index contributed by atoms with van der Waals surface area (Å²) in [6.07, 6.45) is -9.37. The molecule has 0 aromatic heterocycles. The fourth-order valence-corrected chi connectivity index (χ4v) is 3.06. The molecule has 0 bridgehead atoms. The zero-order valence-corrected chi connectivity index (χ0v) is 42.1. The molecule has 0 amide bonds. The summed E-state index contributed by atoms with van der Waals surface area (Å²) in [6.45, 7) is 25.7. The minimum absolute atomic E-state index is 0.0601. The van der Waals surface area contributed by atoms with Crippen LogP contribution in [0.2, 0.25) is 0 Å². The van der Waals surface area contributed by atoms with Crippen LogP contribution in [0.4, 0.5) is 43.9 Å². The summed E-state index contributed by atoms with van der Waals surface area (Å²) >= 11 is 0. The molecule has 0 aliphatic heterocycles. The minimum atomic E-state index is -4.85. The number of esters is 6. The van der Waals surface area contributed by atoms with Crippen molar-refractivity contribution in [2.45, 2.75) is 187 Å². The normalized spacial score (nSPS) is 13.5. The molecule has 402 valence electrons. The molecule has 0 radical (unpaired) electrons. The fourth-order valence-electron chi connectivity index (χ4n) is 3.06. The van der Waals surface area contributed by atoms with Crippen molar-refractivity contribution in [3.63, 3.8) is 0 Å². The molecule has 0 N–H and O–H groups in total. The van der Waals surface area contributed by atoms with Crippen molar-refractivity contribution in [1.29, 1.82) is 0 Å². The van der Waals surface area contributed by atoms with Gasteiger partial charge in [0, 0.05) is 12.8 Å². The molecule has 67 heavy (non-hydrogen) atoms. The van der Waals surface area contributed by atoms with Crippen molar-refractivity contribution in [1.82, 2.24) is 0 Å². The topological polar surface area (TPSA) is 158 Å². The van der Waals surface area contributed by atoms with Crippen molar-refractivity contribution in [3.8, 4) is 0 Å². The Bertz CT molecular complexity index is 1210. The maximum atomic E-state index is 12.3. The molecule has 22 heteroatoms. The molecule has 0 aromatic rings. The van der Waals surface area contributed by atoms with Crippen molar-refractivity contribution >= 4 is 35.8 Å². The van der Waals surface area contributed by atoms with Gasteiger partial charge in [0.15, 0.2) is 0 Å². The fraction of sp³-hybridized carbons (Fsp3) is 0.867. The van der Waals surface area contributed by atoms with E-state index in [-0.39, 0.29) is 61.2 Å². The molecular weight excluding hydrogens is 922 g/mol. The Morgan fingerprint density at radius 2 is 0.657 bits per heavy atom. The lowest BCUT2D eigenvalue weighted by atomic mass is 10.1. The van der Waals surface area contributed by atoms with Crippen molar-refractivity contribution in [2.75, 3.05) is 33.0 Å². The highest BCUT2D eigenvalue weighted by atomic mass is 19.4. The van der Waals surface area contributed by atoms with Gasteiger partial charge in [0.1, 0.15) is 0 Å². The van der Waals surface area contributed by atoms with Crippen LogP contribution in [0.25, 0.3) is 0 Å². The highest BCUT2D eigenvalue weighted by Gasteiger charge is 2.35. The minimum Gasteiger partial charge on any atom is -0.466 e. The molecule has 0 aromatic carbocycles. The average molecular weight is 1000 g/mol. The van der Waals surface area contributed by atoms with Gasteiger partial charge in [-0.15, -0.1) is 13.2 Å². The lowest BCUT2D eigenvalue weighted by molar-refractivity contribution is -0.307. The summed E-state index contributed by atoms with van der Waals surface area (Å²) in [4.78, 5) is 64.7. The van der Waals surface area contributed by atoms with Gasteiger partial charge in [0.25, 0.3) is 0 Å². The van der Waals surface area contributed by atoms with Crippen LogP contribution >= 0.6 is 0 Å². The monoisotopic (exact) mass is 1000 g/mol. The summed E-state index contributed by atoms with van der Waals surface area (Å²) in [7, 11) is 0. The third-order valence-electron chi connectivity index (χ3n) is 8.87. The van der Waals surface area contributed by atoms with Crippen LogP contribution in [0.15, 0.2) is 0 Å². The Balaban J connectivity index is -0.000000168. The quantitative estimate of drug-likeness (QED) is 0.0575. The van der Waals surface area contributed by atoms with Crippen molar-refractivity contribution in [2.24, 2.45) is 35.5 Å². The van der Waals surface area contributed by atoms with E-state index < -0.39 is 74.1 Å². The molecule has 0 aliphatic rings. The van der Waals surface area contributed by atoms with E-state index in [4.69, 9.17) is 9.47 Å². The number of halogens is 10. The van der Waals surface area contributed by atoms with Gasteiger partial charge in [-0.1, -0.05) is 83.1 Å². The van der Waals surface area contributed by atoms with E-state index in [1.54, 1.807) is 34.6 Å². The van der Waals surface area contributed by atoms with Gasteiger partial charge < -0.3 is 28.4 Å². The standard InChI is InChI=1S/C9H16F2O2.C8H13F3O2.C8H14F2O2.2C7H14O2.C6H9F3O2/c1-4-7(2)8(12)13-6-5-9(3,10)11;1-3-6(2)7(12)13-5-4-8(9,10)11;1-3-6(2)8(11)12-5-4-7(9)10;2*1-4-6(3)7(8)9-5-2;1-3-4(2)5(10)11-6(7,8)9/h7H,4-6H2,1-3H3;6H,3-5H2,1-2H3;6-7H,3-5H2,1-2H3;2*6H,4-5H2,1-3H3;4H,3H2,1-2H3. The Hall–Kier alpha value is -3.88. The molecule has 0 heterocycles. The van der Waals surface area contributed by atoms with E-state index >= 15 is 0 Å². The summed E-state index contributed by atoms with van der Waals surface area (Å²) < 4.78 is 143. The van der Waals surface area contributed by atoms with Gasteiger partial charge in [-0.05, 0) is 59.3 Å². The van der Waals surface area contributed by atoms with Gasteiger partial charge in [0.05, 0.1) is 75.0 Å². The molecular formula is C45H80F10O12. The van der Waals surface area contributed by atoms with E-state index in [0.29, 0.717) is 38.9 Å². The number of carbonyl (C=O) groups excluding carboxylic acids is 6. The third-order valence-corrected chi connectivity index (χ3v) is 8.87. The van der Waals surface area contributed by atoms with E-state index in [1.165, 1.54) is 6.92 Å². The van der Waals surface area contributed by atoms with Gasteiger partial charge >= 0.3 is 48.4 Å². The number of alkyl halides is 10. The molecule has 6 atom stereocenters. The van der Waals surface area contributed by atoms with Gasteiger partial charge in [-0.2, -0.15) is 13.2 Å². The second-order valence-corrected chi connectivity index (χ2v) is 15.1. The van der Waals surface area contributed by atoms with E-state index in [2.05, 4.69) is 18.9 Å². The first-order chi connectivity index (χ1) is 30.6. The van der Waals surface area contributed by atoms with E-state index in [1.807, 2.05) is 55.4 Å². The molecule has 0 spiro atoms. The first-order valence-corrected chi connectivity index (χ1v) is 22.5. The zero-order chi connectivity index (χ0) is 54.1. The maximum Gasteiger partial charge on any atom is 0.575 e. The third kappa shape index (κ3) is 56.4. The second kappa shape index (κ2) is 43.4. The summed E-state index contributed by atoms with van der Waals surface area (Å²) in [6, 6.07) is 0. The summed E-state index contributed by atoms with van der Waals surface area (Å²) in [5.74, 6) is -6.79. The van der Waals surface area contributed by atoms with Crippen LogP contribution in [0.5, 0.6) is 0 Å². The Morgan fingerprint density at radius 3 is 0.881 bits per heavy atom. The van der Waals surface area contributed by atoms with Gasteiger partial charge in [-0.25, -0.2) is 17.6 Å². The average Bonchev–Trinajstić information content (AvgIpc) is 3.23. The summed E-state index contributed by atoms with van der Waals surface area (Å²) in [5, 5.41) is 0. The Labute approximate surface area is 391 Å². The van der Waals surface area contributed by atoms with Crippen LogP contribution < -0.4 is 0 Å². The lowest BCUT2D eigenvalue weighted by Gasteiger charge is -2.12. The first-order valence-electron chi connectivity index (χ1n) is 22.5. The highest BCUT2D eigenvalue weighted by Crippen LogP contribution is 2.20. The second-order valence-electron chi connectivity index (χ2n) is 15.1. The largest absolute Gasteiger partial charge is 0.575 e. The molecule has 0 aliphatic carbocycles. The smallest absolute Gasteiger partial charge is 0.466 e. The number of hydrogen-bond acceptors (Lipinski definition) is 12. The van der Waals surface area contributed by atoms with Crippen LogP contribution in [-0.2, 0) is 57.2 Å². The van der Waals surface area contributed by atoms with E-state index in [9.17, 15) is 72.7 Å². The van der Waals surface area contributed by atoms with Gasteiger partial charge in [-0.3, -0.25) is 28.8 Å².